The maximum absolute atomic E-state index is 5.26. The molecule has 4 rings (SSSR count). The number of pyridine rings is 1. The van der Waals surface area contributed by atoms with Gasteiger partial charge < -0.3 is 14.2 Å². The van der Waals surface area contributed by atoms with E-state index in [1.807, 2.05) is 32.4 Å². The van der Waals surface area contributed by atoms with Gasteiger partial charge in [-0.2, -0.15) is 0 Å². The summed E-state index contributed by atoms with van der Waals surface area (Å²) in [5.41, 5.74) is 5.70. The summed E-state index contributed by atoms with van der Waals surface area (Å²) in [6.45, 7) is 0.794. The summed E-state index contributed by atoms with van der Waals surface area (Å²) in [4.78, 5) is 6.80. The number of rotatable bonds is 5. The van der Waals surface area contributed by atoms with Gasteiger partial charge in [-0.05, 0) is 42.0 Å². The van der Waals surface area contributed by atoms with Crippen LogP contribution in [0.15, 0.2) is 73.1 Å². The lowest BCUT2D eigenvalue weighted by Crippen LogP contribution is -2.08. The van der Waals surface area contributed by atoms with Crippen LogP contribution in [0.5, 0.6) is 5.75 Å². The van der Waals surface area contributed by atoms with Gasteiger partial charge >= 0.3 is 0 Å². The second-order valence-electron chi connectivity index (χ2n) is 6.83. The van der Waals surface area contributed by atoms with E-state index in [-0.39, 0.29) is 0 Å². The number of ether oxygens (including phenoxy) is 1. The Labute approximate surface area is 159 Å². The molecule has 0 saturated heterocycles. The molecule has 136 valence electrons. The highest BCUT2D eigenvalue weighted by atomic mass is 16.5. The second kappa shape index (κ2) is 7.16. The normalized spacial score (nSPS) is 10.9. The molecule has 4 heteroatoms. The molecule has 4 aromatic rings. The third-order valence-electron chi connectivity index (χ3n) is 4.85. The zero-order valence-corrected chi connectivity index (χ0v) is 15.9. The Kier molecular flexibility index (Phi) is 4.55. The fraction of sp³-hybridized carbons (Fsp3) is 0.174. The highest BCUT2D eigenvalue weighted by molar-refractivity contribution is 5.92. The summed E-state index contributed by atoms with van der Waals surface area (Å²) in [5.74, 6) is 0.874. The topological polar surface area (TPSA) is 30.3 Å². The Balaban J connectivity index is 1.74. The first-order chi connectivity index (χ1) is 13.2. The van der Waals surface area contributed by atoms with Gasteiger partial charge in [-0.1, -0.05) is 24.3 Å². The van der Waals surface area contributed by atoms with Gasteiger partial charge in [-0.15, -0.1) is 0 Å². The van der Waals surface area contributed by atoms with Crippen LogP contribution < -0.4 is 9.64 Å². The molecule has 0 saturated carbocycles. The highest BCUT2D eigenvalue weighted by Crippen LogP contribution is 2.29. The number of anilines is 1. The maximum atomic E-state index is 5.26. The fourth-order valence-electron chi connectivity index (χ4n) is 3.34. The standard InChI is InChI=1S/C23H23N3O/c1-25(2)20-8-6-18(7-9-20)22-23-19(12-14-24-22)13-15-26(23)16-17-4-10-21(27-3)11-5-17/h4-15H,16H2,1-3H3. The van der Waals surface area contributed by atoms with Crippen molar-refractivity contribution in [2.24, 2.45) is 0 Å². The van der Waals surface area contributed by atoms with Crippen LogP contribution in [0, 0.1) is 0 Å². The van der Waals surface area contributed by atoms with Crippen molar-refractivity contribution in [3.63, 3.8) is 0 Å². The minimum atomic E-state index is 0.794. The van der Waals surface area contributed by atoms with Crippen LogP contribution in [-0.2, 0) is 6.54 Å². The van der Waals surface area contributed by atoms with Gasteiger partial charge in [0.25, 0.3) is 0 Å². The first-order valence-electron chi connectivity index (χ1n) is 9.00. The molecule has 2 aromatic heterocycles. The molecule has 0 atom stereocenters. The molecule has 27 heavy (non-hydrogen) atoms. The minimum absolute atomic E-state index is 0.794. The predicted octanol–water partition coefficient (Wildman–Crippen LogP) is 4.83. The number of aromatic nitrogens is 2. The van der Waals surface area contributed by atoms with Gasteiger partial charge in [-0.25, -0.2) is 0 Å². The SMILES string of the molecule is COc1ccc(Cn2ccc3ccnc(-c4ccc(N(C)C)cc4)c32)cc1. The largest absolute Gasteiger partial charge is 0.497 e. The van der Waals surface area contributed by atoms with Crippen LogP contribution in [0.4, 0.5) is 5.69 Å². The van der Waals surface area contributed by atoms with Gasteiger partial charge in [0, 0.05) is 49.7 Å². The molecule has 0 bridgehead atoms. The number of fused-ring (bicyclic) bond motifs is 1. The summed E-state index contributed by atoms with van der Waals surface area (Å²) in [7, 11) is 5.79. The van der Waals surface area contributed by atoms with Crippen molar-refractivity contribution < 1.29 is 4.74 Å². The number of nitrogens with zero attached hydrogens (tertiary/aromatic N) is 3. The van der Waals surface area contributed by atoms with E-state index in [9.17, 15) is 0 Å². The Morgan fingerprint density at radius 2 is 1.67 bits per heavy atom. The van der Waals surface area contributed by atoms with Crippen LogP contribution in [0.1, 0.15) is 5.56 Å². The summed E-state index contributed by atoms with van der Waals surface area (Å²) in [5, 5.41) is 1.20. The molecular formula is C23H23N3O. The van der Waals surface area contributed by atoms with Crippen molar-refractivity contribution in [3.05, 3.63) is 78.6 Å². The van der Waals surface area contributed by atoms with Crippen molar-refractivity contribution in [1.29, 1.82) is 0 Å². The lowest BCUT2D eigenvalue weighted by molar-refractivity contribution is 0.414. The molecule has 0 aliphatic heterocycles. The summed E-state index contributed by atoms with van der Waals surface area (Å²) >= 11 is 0. The van der Waals surface area contributed by atoms with E-state index in [4.69, 9.17) is 9.72 Å². The smallest absolute Gasteiger partial charge is 0.118 e. The molecule has 0 aliphatic rings. The number of hydrogen-bond acceptors (Lipinski definition) is 3. The van der Waals surface area contributed by atoms with Crippen molar-refractivity contribution >= 4 is 16.6 Å². The fourth-order valence-corrected chi connectivity index (χ4v) is 3.34. The number of hydrogen-bond donors (Lipinski definition) is 0. The Hall–Kier alpha value is -3.27. The van der Waals surface area contributed by atoms with Crippen LogP contribution in [0.25, 0.3) is 22.2 Å². The van der Waals surface area contributed by atoms with E-state index in [1.54, 1.807) is 7.11 Å². The molecule has 0 radical (unpaired) electrons. The van der Waals surface area contributed by atoms with E-state index in [0.717, 1.165) is 29.1 Å². The summed E-state index contributed by atoms with van der Waals surface area (Å²) in [6.07, 6.45) is 4.02. The van der Waals surface area contributed by atoms with Crippen molar-refractivity contribution in [2.75, 3.05) is 26.1 Å². The third-order valence-corrected chi connectivity index (χ3v) is 4.85. The Bertz CT molecular complexity index is 1050. The van der Waals surface area contributed by atoms with Crippen LogP contribution in [0.2, 0.25) is 0 Å². The molecule has 2 aromatic carbocycles. The lowest BCUT2D eigenvalue weighted by Gasteiger charge is -2.14. The summed E-state index contributed by atoms with van der Waals surface area (Å²) < 4.78 is 7.52. The monoisotopic (exact) mass is 357 g/mol. The second-order valence-corrected chi connectivity index (χ2v) is 6.83. The average molecular weight is 357 g/mol. The van der Waals surface area contributed by atoms with Gasteiger partial charge in [0.05, 0.1) is 18.3 Å². The Morgan fingerprint density at radius 1 is 0.926 bits per heavy atom. The van der Waals surface area contributed by atoms with E-state index < -0.39 is 0 Å². The molecule has 0 spiro atoms. The van der Waals surface area contributed by atoms with Crippen LogP contribution in [0.3, 0.4) is 0 Å². The number of benzene rings is 2. The first kappa shape index (κ1) is 17.2. The molecule has 0 aliphatic carbocycles. The molecule has 0 unspecified atom stereocenters. The molecule has 0 amide bonds. The van der Waals surface area contributed by atoms with Gasteiger partial charge in [-0.3, -0.25) is 4.98 Å². The van der Waals surface area contributed by atoms with Gasteiger partial charge in [0.1, 0.15) is 5.75 Å². The lowest BCUT2D eigenvalue weighted by atomic mass is 10.1. The molecule has 4 nitrogen and oxygen atoms in total. The molecule has 0 N–H and O–H groups in total. The van der Waals surface area contributed by atoms with Crippen LogP contribution in [-0.4, -0.2) is 30.8 Å². The minimum Gasteiger partial charge on any atom is -0.497 e. The third kappa shape index (κ3) is 3.38. The molecule has 0 fully saturated rings. The first-order valence-corrected chi connectivity index (χ1v) is 9.00. The van der Waals surface area contributed by atoms with Gasteiger partial charge in [0.15, 0.2) is 0 Å². The van der Waals surface area contributed by atoms with Crippen molar-refractivity contribution in [1.82, 2.24) is 9.55 Å². The summed E-state index contributed by atoms with van der Waals surface area (Å²) in [6, 6.07) is 21.0. The van der Waals surface area contributed by atoms with Gasteiger partial charge in [0.2, 0.25) is 0 Å². The zero-order chi connectivity index (χ0) is 18.8. The average Bonchev–Trinajstić information content (AvgIpc) is 3.11. The van der Waals surface area contributed by atoms with Crippen molar-refractivity contribution in [2.45, 2.75) is 6.54 Å². The maximum Gasteiger partial charge on any atom is 0.118 e. The highest BCUT2D eigenvalue weighted by Gasteiger charge is 2.11. The number of methoxy groups -OCH3 is 1. The quantitative estimate of drug-likeness (QED) is 0.513. The molecular weight excluding hydrogens is 334 g/mol. The van der Waals surface area contributed by atoms with E-state index >= 15 is 0 Å². The predicted molar refractivity (Wildman–Crippen MR) is 112 cm³/mol. The van der Waals surface area contributed by atoms with E-state index in [1.165, 1.54) is 16.6 Å². The zero-order valence-electron chi connectivity index (χ0n) is 15.9. The Morgan fingerprint density at radius 3 is 2.33 bits per heavy atom. The van der Waals surface area contributed by atoms with Crippen molar-refractivity contribution in [3.8, 4) is 17.0 Å². The molecule has 2 heterocycles. The van der Waals surface area contributed by atoms with E-state index in [2.05, 4.69) is 64.2 Å². The van der Waals surface area contributed by atoms with Crippen LogP contribution >= 0.6 is 0 Å². The van der Waals surface area contributed by atoms with E-state index in [0.29, 0.717) is 0 Å².